The molecule has 1 aromatic rings. The smallest absolute Gasteiger partial charge is 0.0717 e. The van der Waals surface area contributed by atoms with Gasteiger partial charge in [-0.2, -0.15) is 0 Å². The van der Waals surface area contributed by atoms with E-state index in [1.807, 2.05) is 24.3 Å². The Morgan fingerprint density at radius 1 is 1.12 bits per heavy atom. The number of nitrogens with two attached hydrogens (primary N) is 1. The molecule has 0 radical (unpaired) electrons. The Hall–Kier alpha value is -0.900. The van der Waals surface area contributed by atoms with Crippen molar-refractivity contribution >= 4 is 0 Å². The summed E-state index contributed by atoms with van der Waals surface area (Å²) in [5.74, 6) is 0. The molecule has 3 heteroatoms. The second kappa shape index (κ2) is 5.63. The van der Waals surface area contributed by atoms with Crippen LogP contribution in [0.4, 0.5) is 0 Å². The highest BCUT2D eigenvalue weighted by Crippen LogP contribution is 2.27. The molecule has 94 valence electrons. The van der Waals surface area contributed by atoms with Gasteiger partial charge in [-0.25, -0.2) is 0 Å². The van der Waals surface area contributed by atoms with Crippen LogP contribution in [0.5, 0.6) is 0 Å². The molecule has 3 N–H and O–H groups in total. The molecule has 3 nitrogen and oxygen atoms in total. The summed E-state index contributed by atoms with van der Waals surface area (Å²) < 4.78 is 5.69. The fraction of sp³-hybridized carbons (Fsp3) is 0.571. The fourth-order valence-corrected chi connectivity index (χ4v) is 2.34. The van der Waals surface area contributed by atoms with Crippen LogP contribution in [0.1, 0.15) is 36.8 Å². The van der Waals surface area contributed by atoms with Crippen LogP contribution in [0.3, 0.4) is 0 Å². The summed E-state index contributed by atoms with van der Waals surface area (Å²) in [5.41, 5.74) is 8.18. The number of aliphatic hydroxyl groups excluding tert-OH is 1. The Balaban J connectivity index is 1.77. The van der Waals surface area contributed by atoms with Crippen LogP contribution in [0, 0.1) is 0 Å². The topological polar surface area (TPSA) is 55.5 Å². The van der Waals surface area contributed by atoms with E-state index in [9.17, 15) is 0 Å². The predicted octanol–water partition coefficient (Wildman–Crippen LogP) is 1.97. The van der Waals surface area contributed by atoms with Gasteiger partial charge in [0, 0.05) is 5.54 Å². The maximum atomic E-state index is 8.93. The first-order valence-electron chi connectivity index (χ1n) is 6.27. The monoisotopic (exact) mass is 235 g/mol. The lowest BCUT2D eigenvalue weighted by molar-refractivity contribution is 0.0751. The van der Waals surface area contributed by atoms with Crippen molar-refractivity contribution in [3.63, 3.8) is 0 Å². The van der Waals surface area contributed by atoms with E-state index in [4.69, 9.17) is 15.6 Å². The molecule has 1 aliphatic carbocycles. The van der Waals surface area contributed by atoms with Gasteiger partial charge in [-0.1, -0.05) is 37.1 Å². The van der Waals surface area contributed by atoms with Crippen molar-refractivity contribution < 1.29 is 9.84 Å². The molecule has 0 bridgehead atoms. The molecular formula is C14H21NO2. The highest BCUT2D eigenvalue weighted by atomic mass is 16.5. The van der Waals surface area contributed by atoms with E-state index < -0.39 is 0 Å². The molecule has 0 amide bonds. The summed E-state index contributed by atoms with van der Waals surface area (Å²) in [6.07, 6.45) is 4.61. The molecule has 0 unspecified atom stereocenters. The van der Waals surface area contributed by atoms with Gasteiger partial charge < -0.3 is 15.6 Å². The van der Waals surface area contributed by atoms with Crippen LogP contribution >= 0.6 is 0 Å². The Morgan fingerprint density at radius 3 is 2.29 bits per heavy atom. The molecule has 0 aliphatic heterocycles. The van der Waals surface area contributed by atoms with Gasteiger partial charge in [0.25, 0.3) is 0 Å². The van der Waals surface area contributed by atoms with Gasteiger partial charge in [-0.15, -0.1) is 0 Å². The van der Waals surface area contributed by atoms with Crippen molar-refractivity contribution in [1.82, 2.24) is 0 Å². The molecule has 0 spiro atoms. The molecule has 1 aromatic carbocycles. The minimum Gasteiger partial charge on any atom is -0.392 e. The highest BCUT2D eigenvalue weighted by Gasteiger charge is 2.29. The van der Waals surface area contributed by atoms with Gasteiger partial charge in [0.05, 0.1) is 19.8 Å². The highest BCUT2D eigenvalue weighted by molar-refractivity contribution is 5.21. The lowest BCUT2D eigenvalue weighted by Gasteiger charge is -2.23. The van der Waals surface area contributed by atoms with Crippen molar-refractivity contribution in [2.75, 3.05) is 6.61 Å². The quantitative estimate of drug-likeness (QED) is 0.820. The maximum Gasteiger partial charge on any atom is 0.0717 e. The van der Waals surface area contributed by atoms with Crippen LogP contribution in [-0.4, -0.2) is 17.3 Å². The van der Waals surface area contributed by atoms with E-state index in [1.54, 1.807) is 0 Å². The Labute approximate surface area is 103 Å². The third-order valence-electron chi connectivity index (χ3n) is 3.46. The van der Waals surface area contributed by atoms with E-state index in [-0.39, 0.29) is 12.1 Å². The molecule has 17 heavy (non-hydrogen) atoms. The van der Waals surface area contributed by atoms with Gasteiger partial charge >= 0.3 is 0 Å². The van der Waals surface area contributed by atoms with Crippen LogP contribution in [0.25, 0.3) is 0 Å². The van der Waals surface area contributed by atoms with E-state index in [2.05, 4.69) is 0 Å². The van der Waals surface area contributed by atoms with Gasteiger partial charge in [0.1, 0.15) is 0 Å². The average molecular weight is 235 g/mol. The fourth-order valence-electron chi connectivity index (χ4n) is 2.34. The molecule has 0 heterocycles. The van der Waals surface area contributed by atoms with E-state index in [0.717, 1.165) is 24.0 Å². The predicted molar refractivity (Wildman–Crippen MR) is 67.4 cm³/mol. The largest absolute Gasteiger partial charge is 0.392 e. The second-order valence-electron chi connectivity index (χ2n) is 5.04. The summed E-state index contributed by atoms with van der Waals surface area (Å²) in [5, 5.41) is 8.93. The zero-order valence-electron chi connectivity index (χ0n) is 10.2. The standard InChI is InChI=1S/C14H21NO2/c15-14(7-1-2-8-14)11-17-10-13-5-3-12(9-16)4-6-13/h3-6,16H,1-2,7-11,15H2. The van der Waals surface area contributed by atoms with E-state index in [0.29, 0.717) is 13.2 Å². The zero-order valence-corrected chi connectivity index (χ0v) is 10.2. The van der Waals surface area contributed by atoms with E-state index in [1.165, 1.54) is 12.8 Å². The first-order chi connectivity index (χ1) is 8.22. The number of aliphatic hydroxyl groups is 1. The molecule has 1 fully saturated rings. The van der Waals surface area contributed by atoms with Crippen molar-refractivity contribution in [2.45, 2.75) is 44.4 Å². The lowest BCUT2D eigenvalue weighted by atomic mass is 10.0. The van der Waals surface area contributed by atoms with Crippen LogP contribution < -0.4 is 5.73 Å². The van der Waals surface area contributed by atoms with Gasteiger partial charge in [-0.3, -0.25) is 0 Å². The molecule has 2 rings (SSSR count). The van der Waals surface area contributed by atoms with Crippen molar-refractivity contribution in [3.05, 3.63) is 35.4 Å². The van der Waals surface area contributed by atoms with Crippen LogP contribution in [-0.2, 0) is 18.0 Å². The SMILES string of the molecule is NC1(COCc2ccc(CO)cc2)CCCC1. The normalized spacial score (nSPS) is 18.5. The molecule has 1 saturated carbocycles. The van der Waals surface area contributed by atoms with Gasteiger partial charge in [0.15, 0.2) is 0 Å². The molecule has 0 atom stereocenters. The molecule has 0 saturated heterocycles. The molecule has 0 aromatic heterocycles. The third-order valence-corrected chi connectivity index (χ3v) is 3.46. The molecule has 1 aliphatic rings. The lowest BCUT2D eigenvalue weighted by Crippen LogP contribution is -2.41. The van der Waals surface area contributed by atoms with Crippen molar-refractivity contribution in [1.29, 1.82) is 0 Å². The van der Waals surface area contributed by atoms with Gasteiger partial charge in [0.2, 0.25) is 0 Å². The average Bonchev–Trinajstić information content (AvgIpc) is 2.77. The number of rotatable bonds is 5. The van der Waals surface area contributed by atoms with Crippen LogP contribution in [0.2, 0.25) is 0 Å². The minimum atomic E-state index is -0.0922. The summed E-state index contributed by atoms with van der Waals surface area (Å²) >= 11 is 0. The Bertz CT molecular complexity index is 342. The van der Waals surface area contributed by atoms with Crippen molar-refractivity contribution in [3.8, 4) is 0 Å². The number of benzene rings is 1. The van der Waals surface area contributed by atoms with Gasteiger partial charge in [-0.05, 0) is 24.0 Å². The Kier molecular flexibility index (Phi) is 4.15. The number of hydrogen-bond donors (Lipinski definition) is 2. The summed E-state index contributed by atoms with van der Waals surface area (Å²) in [7, 11) is 0. The first-order valence-corrected chi connectivity index (χ1v) is 6.27. The van der Waals surface area contributed by atoms with Crippen molar-refractivity contribution in [2.24, 2.45) is 5.73 Å². The second-order valence-corrected chi connectivity index (χ2v) is 5.04. The Morgan fingerprint density at radius 2 is 1.71 bits per heavy atom. The third kappa shape index (κ3) is 3.53. The zero-order chi connectivity index (χ0) is 12.1. The minimum absolute atomic E-state index is 0.0903. The van der Waals surface area contributed by atoms with Crippen LogP contribution in [0.15, 0.2) is 24.3 Å². The first kappa shape index (κ1) is 12.6. The summed E-state index contributed by atoms with van der Waals surface area (Å²) in [6.45, 7) is 1.34. The summed E-state index contributed by atoms with van der Waals surface area (Å²) in [4.78, 5) is 0. The molecular weight excluding hydrogens is 214 g/mol. The summed E-state index contributed by atoms with van der Waals surface area (Å²) in [6, 6.07) is 7.83. The number of ether oxygens (including phenoxy) is 1. The number of hydrogen-bond acceptors (Lipinski definition) is 3. The van der Waals surface area contributed by atoms with E-state index >= 15 is 0 Å². The maximum absolute atomic E-state index is 8.93.